The first-order chi connectivity index (χ1) is 9.38. The van der Waals surface area contributed by atoms with E-state index in [-0.39, 0.29) is 5.82 Å². The van der Waals surface area contributed by atoms with E-state index in [0.717, 1.165) is 11.1 Å². The van der Waals surface area contributed by atoms with Crippen LogP contribution in [0, 0.1) is 26.6 Å². The van der Waals surface area contributed by atoms with E-state index in [4.69, 9.17) is 4.74 Å². The molecule has 0 amide bonds. The standard InChI is InChI=1S/C17H19FO2/c1-10-5-6-16(12(3)7-10)20-17-8-11(2)15(18)9-14(17)13(4)19/h5-9,13,19H,1-4H3/t13-/m0/s1. The van der Waals surface area contributed by atoms with Crippen LogP contribution in [0.3, 0.4) is 0 Å². The number of rotatable bonds is 3. The molecule has 0 bridgehead atoms. The number of aliphatic hydroxyl groups excluding tert-OH is 1. The summed E-state index contributed by atoms with van der Waals surface area (Å²) in [4.78, 5) is 0. The van der Waals surface area contributed by atoms with Crippen molar-refractivity contribution in [3.63, 3.8) is 0 Å². The van der Waals surface area contributed by atoms with Crippen LogP contribution in [0.4, 0.5) is 4.39 Å². The van der Waals surface area contributed by atoms with Crippen LogP contribution in [-0.2, 0) is 0 Å². The highest BCUT2D eigenvalue weighted by Crippen LogP contribution is 2.33. The number of hydrogen-bond acceptors (Lipinski definition) is 2. The second-order valence-electron chi connectivity index (χ2n) is 5.19. The second-order valence-corrected chi connectivity index (χ2v) is 5.19. The molecule has 0 radical (unpaired) electrons. The molecule has 0 saturated heterocycles. The molecule has 1 N–H and O–H groups in total. The lowest BCUT2D eigenvalue weighted by molar-refractivity contribution is 0.195. The van der Waals surface area contributed by atoms with Crippen LogP contribution in [-0.4, -0.2) is 5.11 Å². The summed E-state index contributed by atoms with van der Waals surface area (Å²) in [6.45, 7) is 7.25. The lowest BCUT2D eigenvalue weighted by atomic mass is 10.1. The monoisotopic (exact) mass is 274 g/mol. The van der Waals surface area contributed by atoms with Crippen molar-refractivity contribution >= 4 is 0 Å². The summed E-state index contributed by atoms with van der Waals surface area (Å²) in [6.07, 6.45) is -0.786. The molecule has 0 heterocycles. The number of halogens is 1. The summed E-state index contributed by atoms with van der Waals surface area (Å²) in [6, 6.07) is 8.82. The number of ether oxygens (including phenoxy) is 1. The number of aliphatic hydroxyl groups is 1. The molecular formula is C17H19FO2. The Hall–Kier alpha value is -1.87. The maximum Gasteiger partial charge on any atom is 0.133 e. The average Bonchev–Trinajstić information content (AvgIpc) is 2.36. The SMILES string of the molecule is Cc1ccc(Oc2cc(C)c(F)cc2[C@H](C)O)c(C)c1. The first-order valence-corrected chi connectivity index (χ1v) is 6.61. The summed E-state index contributed by atoms with van der Waals surface area (Å²) in [5, 5.41) is 9.76. The fourth-order valence-corrected chi connectivity index (χ4v) is 2.12. The molecule has 0 unspecified atom stereocenters. The Bertz CT molecular complexity index is 633. The second kappa shape index (κ2) is 5.63. The molecule has 0 fully saturated rings. The zero-order valence-corrected chi connectivity index (χ0v) is 12.2. The fourth-order valence-electron chi connectivity index (χ4n) is 2.12. The minimum Gasteiger partial charge on any atom is -0.457 e. The van der Waals surface area contributed by atoms with Crippen LogP contribution in [0.25, 0.3) is 0 Å². The Balaban J connectivity index is 2.44. The van der Waals surface area contributed by atoms with E-state index in [1.807, 2.05) is 32.0 Å². The minimum atomic E-state index is -0.786. The van der Waals surface area contributed by atoms with Crippen LogP contribution in [0.15, 0.2) is 30.3 Å². The van der Waals surface area contributed by atoms with Gasteiger partial charge in [0.15, 0.2) is 0 Å². The van der Waals surface area contributed by atoms with Gasteiger partial charge in [0.05, 0.1) is 6.10 Å². The van der Waals surface area contributed by atoms with Gasteiger partial charge in [0, 0.05) is 5.56 Å². The highest BCUT2D eigenvalue weighted by Gasteiger charge is 2.14. The van der Waals surface area contributed by atoms with E-state index in [1.165, 1.54) is 6.07 Å². The van der Waals surface area contributed by atoms with Gasteiger partial charge in [-0.3, -0.25) is 0 Å². The zero-order chi connectivity index (χ0) is 14.9. The maximum atomic E-state index is 13.6. The zero-order valence-electron chi connectivity index (χ0n) is 12.2. The smallest absolute Gasteiger partial charge is 0.133 e. The van der Waals surface area contributed by atoms with E-state index in [2.05, 4.69) is 0 Å². The van der Waals surface area contributed by atoms with Crippen molar-refractivity contribution in [3.8, 4) is 11.5 Å². The predicted octanol–water partition coefficient (Wildman–Crippen LogP) is 4.60. The first-order valence-electron chi connectivity index (χ1n) is 6.61. The molecule has 0 saturated carbocycles. The van der Waals surface area contributed by atoms with Crippen molar-refractivity contribution in [1.29, 1.82) is 0 Å². The van der Waals surface area contributed by atoms with E-state index >= 15 is 0 Å². The molecular weight excluding hydrogens is 255 g/mol. The summed E-state index contributed by atoms with van der Waals surface area (Å²) in [5.41, 5.74) is 3.10. The van der Waals surface area contributed by atoms with Crippen molar-refractivity contribution in [2.45, 2.75) is 33.8 Å². The van der Waals surface area contributed by atoms with E-state index in [9.17, 15) is 9.50 Å². The molecule has 2 rings (SSSR count). The lowest BCUT2D eigenvalue weighted by Gasteiger charge is -2.16. The minimum absolute atomic E-state index is 0.339. The molecule has 2 aromatic rings. The molecule has 2 aromatic carbocycles. The van der Waals surface area contributed by atoms with Gasteiger partial charge in [-0.2, -0.15) is 0 Å². The average molecular weight is 274 g/mol. The van der Waals surface area contributed by atoms with Crippen molar-refractivity contribution in [2.75, 3.05) is 0 Å². The fraction of sp³-hybridized carbons (Fsp3) is 0.294. The Labute approximate surface area is 118 Å². The summed E-state index contributed by atoms with van der Waals surface area (Å²) >= 11 is 0. The van der Waals surface area contributed by atoms with Crippen molar-refractivity contribution < 1.29 is 14.2 Å². The molecule has 3 heteroatoms. The van der Waals surface area contributed by atoms with Crippen LogP contribution in [0.5, 0.6) is 11.5 Å². The normalized spacial score (nSPS) is 12.3. The highest BCUT2D eigenvalue weighted by atomic mass is 19.1. The number of benzene rings is 2. The Kier molecular flexibility index (Phi) is 4.09. The van der Waals surface area contributed by atoms with Crippen LogP contribution in [0.2, 0.25) is 0 Å². The third kappa shape index (κ3) is 2.99. The van der Waals surface area contributed by atoms with Crippen LogP contribution in [0.1, 0.15) is 35.3 Å². The summed E-state index contributed by atoms with van der Waals surface area (Å²) < 4.78 is 19.5. The largest absolute Gasteiger partial charge is 0.457 e. The maximum absolute atomic E-state index is 13.6. The lowest BCUT2D eigenvalue weighted by Crippen LogP contribution is -1.99. The van der Waals surface area contributed by atoms with Gasteiger partial charge in [0.25, 0.3) is 0 Å². The molecule has 0 spiro atoms. The van der Waals surface area contributed by atoms with Crippen LogP contribution < -0.4 is 4.74 Å². The van der Waals surface area contributed by atoms with Gasteiger partial charge >= 0.3 is 0 Å². The van der Waals surface area contributed by atoms with Gasteiger partial charge in [-0.1, -0.05) is 17.7 Å². The molecule has 0 aliphatic heterocycles. The third-order valence-corrected chi connectivity index (χ3v) is 3.29. The van der Waals surface area contributed by atoms with Crippen LogP contribution >= 0.6 is 0 Å². The predicted molar refractivity (Wildman–Crippen MR) is 77.8 cm³/mol. The highest BCUT2D eigenvalue weighted by molar-refractivity contribution is 5.45. The molecule has 106 valence electrons. The van der Waals surface area contributed by atoms with Crippen molar-refractivity contribution in [3.05, 3.63) is 58.4 Å². The molecule has 0 aromatic heterocycles. The van der Waals surface area contributed by atoms with Gasteiger partial charge in [0.1, 0.15) is 17.3 Å². The van der Waals surface area contributed by atoms with E-state index in [1.54, 1.807) is 19.9 Å². The Morgan fingerprint density at radius 2 is 1.70 bits per heavy atom. The molecule has 0 aliphatic rings. The van der Waals surface area contributed by atoms with Crippen molar-refractivity contribution in [1.82, 2.24) is 0 Å². The molecule has 1 atom stereocenters. The third-order valence-electron chi connectivity index (χ3n) is 3.29. The molecule has 20 heavy (non-hydrogen) atoms. The quantitative estimate of drug-likeness (QED) is 0.886. The van der Waals surface area contributed by atoms with Gasteiger partial charge in [0.2, 0.25) is 0 Å². The summed E-state index contributed by atoms with van der Waals surface area (Å²) in [7, 11) is 0. The first kappa shape index (κ1) is 14.5. The Morgan fingerprint density at radius 3 is 2.30 bits per heavy atom. The van der Waals surface area contributed by atoms with Gasteiger partial charge < -0.3 is 9.84 Å². The van der Waals surface area contributed by atoms with E-state index < -0.39 is 6.10 Å². The van der Waals surface area contributed by atoms with Crippen molar-refractivity contribution in [2.24, 2.45) is 0 Å². The molecule has 2 nitrogen and oxygen atoms in total. The molecule has 0 aliphatic carbocycles. The van der Waals surface area contributed by atoms with Gasteiger partial charge in [-0.05, 0) is 57.0 Å². The van der Waals surface area contributed by atoms with E-state index in [0.29, 0.717) is 22.6 Å². The van der Waals surface area contributed by atoms with Gasteiger partial charge in [-0.25, -0.2) is 4.39 Å². The topological polar surface area (TPSA) is 29.5 Å². The number of hydrogen-bond donors (Lipinski definition) is 1. The number of aryl methyl sites for hydroxylation is 3. The van der Waals surface area contributed by atoms with Gasteiger partial charge in [-0.15, -0.1) is 0 Å². The summed E-state index contributed by atoms with van der Waals surface area (Å²) in [5.74, 6) is 0.864. The Morgan fingerprint density at radius 1 is 1.00 bits per heavy atom.